The Hall–Kier alpha value is -0.620. The molecule has 0 bridgehead atoms. The summed E-state index contributed by atoms with van der Waals surface area (Å²) in [5, 5.41) is 0.124. The molecule has 1 fully saturated rings. The van der Waals surface area contributed by atoms with Crippen LogP contribution in [0.25, 0.3) is 0 Å². The van der Waals surface area contributed by atoms with Gasteiger partial charge in [0.2, 0.25) is 5.91 Å². The van der Waals surface area contributed by atoms with Gasteiger partial charge in [-0.1, -0.05) is 18.7 Å². The van der Waals surface area contributed by atoms with Crippen molar-refractivity contribution in [1.82, 2.24) is 4.90 Å². The van der Waals surface area contributed by atoms with Gasteiger partial charge in [-0.15, -0.1) is 11.8 Å². The van der Waals surface area contributed by atoms with Crippen LogP contribution in [0.3, 0.4) is 0 Å². The first-order chi connectivity index (χ1) is 6.65. The van der Waals surface area contributed by atoms with Crippen LogP contribution >= 0.6 is 23.5 Å². The van der Waals surface area contributed by atoms with Crippen molar-refractivity contribution in [3.63, 3.8) is 0 Å². The van der Waals surface area contributed by atoms with Gasteiger partial charge in [0.05, 0.1) is 16.0 Å². The molecule has 76 valence electrons. The van der Waals surface area contributed by atoms with Gasteiger partial charge >= 0.3 is 0 Å². The highest BCUT2D eigenvalue weighted by atomic mass is 32.2. The highest BCUT2D eigenvalue weighted by Crippen LogP contribution is 2.50. The van der Waals surface area contributed by atoms with Gasteiger partial charge < -0.3 is 5.73 Å². The molecule has 0 aromatic rings. The van der Waals surface area contributed by atoms with Gasteiger partial charge in [-0.2, -0.15) is 0 Å². The van der Waals surface area contributed by atoms with E-state index in [1.54, 1.807) is 23.5 Å². The monoisotopic (exact) mass is 230 g/mol. The molecule has 1 atom stereocenters. The Kier molecular flexibility index (Phi) is 2.48. The third kappa shape index (κ3) is 1.33. The molecule has 0 unspecified atom stereocenters. The van der Waals surface area contributed by atoms with E-state index in [1.165, 1.54) is 4.90 Å². The summed E-state index contributed by atoms with van der Waals surface area (Å²) in [5.41, 5.74) is 5.66. The van der Waals surface area contributed by atoms with Gasteiger partial charge in [-0.3, -0.25) is 14.5 Å². The van der Waals surface area contributed by atoms with E-state index < -0.39 is 5.91 Å². The second-order valence-corrected chi connectivity index (χ2v) is 5.69. The lowest BCUT2D eigenvalue weighted by Gasteiger charge is -2.34. The predicted octanol–water partition coefficient (Wildman–Crippen LogP) is 0.699. The van der Waals surface area contributed by atoms with Crippen LogP contribution in [-0.2, 0) is 9.59 Å². The molecular weight excluding hydrogens is 220 g/mol. The average Bonchev–Trinajstić information content (AvgIpc) is 2.39. The number of thioether (sulfide) groups is 2. The molecule has 2 heterocycles. The fourth-order valence-electron chi connectivity index (χ4n) is 1.48. The maximum atomic E-state index is 11.2. The summed E-state index contributed by atoms with van der Waals surface area (Å²) < 4.78 is 0.899. The van der Waals surface area contributed by atoms with Crippen molar-refractivity contribution in [3.8, 4) is 0 Å². The molecule has 0 saturated carbocycles. The highest BCUT2D eigenvalue weighted by Gasteiger charge is 2.47. The van der Waals surface area contributed by atoms with Crippen molar-refractivity contribution in [2.45, 2.75) is 18.7 Å². The summed E-state index contributed by atoms with van der Waals surface area (Å²) in [6.45, 7) is 2.01. The number of nitrogens with zero attached hydrogens (tertiary/aromatic N) is 1. The summed E-state index contributed by atoms with van der Waals surface area (Å²) in [4.78, 5) is 23.9. The van der Waals surface area contributed by atoms with E-state index in [2.05, 4.69) is 0 Å². The molecule has 6 heteroatoms. The zero-order valence-corrected chi connectivity index (χ0v) is 9.28. The smallest absolute Gasteiger partial charge is 0.267 e. The zero-order chi connectivity index (χ0) is 10.3. The predicted molar refractivity (Wildman–Crippen MR) is 57.2 cm³/mol. The number of amides is 2. The van der Waals surface area contributed by atoms with E-state index >= 15 is 0 Å². The molecule has 0 spiro atoms. The van der Waals surface area contributed by atoms with E-state index in [1.807, 2.05) is 6.92 Å². The third-order valence-electron chi connectivity index (χ3n) is 2.09. The SMILES string of the molecule is CCSC1=C(C(N)=O)N2C(=O)C[C@H]2S1. The van der Waals surface area contributed by atoms with Crippen LogP contribution in [0.1, 0.15) is 13.3 Å². The molecule has 1 saturated heterocycles. The minimum Gasteiger partial charge on any atom is -0.364 e. The Morgan fingerprint density at radius 2 is 2.50 bits per heavy atom. The summed E-state index contributed by atoms with van der Waals surface area (Å²) in [6, 6.07) is 0. The van der Waals surface area contributed by atoms with Gasteiger partial charge in [0, 0.05) is 0 Å². The van der Waals surface area contributed by atoms with Crippen LogP contribution in [0.2, 0.25) is 0 Å². The first-order valence-corrected chi connectivity index (χ1v) is 6.17. The second-order valence-electron chi connectivity index (χ2n) is 2.97. The van der Waals surface area contributed by atoms with Gasteiger partial charge in [0.25, 0.3) is 5.91 Å². The second kappa shape index (κ2) is 3.51. The number of primary amides is 1. The van der Waals surface area contributed by atoms with Crippen molar-refractivity contribution in [2.24, 2.45) is 5.73 Å². The molecule has 2 aliphatic rings. The Balaban J connectivity index is 2.28. The zero-order valence-electron chi connectivity index (χ0n) is 7.65. The van der Waals surface area contributed by atoms with Crippen molar-refractivity contribution in [1.29, 1.82) is 0 Å². The highest BCUT2D eigenvalue weighted by molar-refractivity contribution is 8.22. The molecule has 0 aromatic carbocycles. The van der Waals surface area contributed by atoms with Gasteiger partial charge in [0.15, 0.2) is 0 Å². The number of rotatable bonds is 3. The van der Waals surface area contributed by atoms with Crippen LogP contribution in [0, 0.1) is 0 Å². The molecule has 2 N–H and O–H groups in total. The third-order valence-corrected chi connectivity index (χ3v) is 4.54. The summed E-state index contributed by atoms with van der Waals surface area (Å²) in [7, 11) is 0. The molecule has 0 aliphatic carbocycles. The van der Waals surface area contributed by atoms with Crippen molar-refractivity contribution in [3.05, 3.63) is 9.93 Å². The Bertz CT molecular complexity index is 340. The molecule has 0 aromatic heterocycles. The lowest BCUT2D eigenvalue weighted by molar-refractivity contribution is -0.140. The van der Waals surface area contributed by atoms with Gasteiger partial charge in [-0.05, 0) is 5.75 Å². The number of carbonyl (C=O) groups is 2. The number of hydrogen-bond donors (Lipinski definition) is 1. The number of fused-ring (bicyclic) bond motifs is 1. The number of β-lactam (4-membered cyclic amide) rings is 1. The average molecular weight is 230 g/mol. The molecule has 2 rings (SSSR count). The largest absolute Gasteiger partial charge is 0.364 e. The van der Waals surface area contributed by atoms with E-state index in [0.717, 1.165) is 9.99 Å². The van der Waals surface area contributed by atoms with Crippen LogP contribution in [0.4, 0.5) is 0 Å². The van der Waals surface area contributed by atoms with E-state index in [9.17, 15) is 9.59 Å². The molecular formula is C8H10N2O2S2. The maximum absolute atomic E-state index is 11.2. The quantitative estimate of drug-likeness (QED) is 0.725. The lowest BCUT2D eigenvalue weighted by atomic mass is 10.2. The van der Waals surface area contributed by atoms with Crippen LogP contribution in [0.5, 0.6) is 0 Å². The minimum atomic E-state index is -0.496. The number of nitrogens with two attached hydrogens (primary N) is 1. The van der Waals surface area contributed by atoms with Crippen molar-refractivity contribution in [2.75, 3.05) is 5.75 Å². The van der Waals surface area contributed by atoms with Crippen LogP contribution in [0.15, 0.2) is 9.93 Å². The Morgan fingerprint density at radius 3 is 3.00 bits per heavy atom. The number of carbonyl (C=O) groups excluding carboxylic acids is 2. The Labute approximate surface area is 90.3 Å². The van der Waals surface area contributed by atoms with Gasteiger partial charge in [-0.25, -0.2) is 0 Å². The fourth-order valence-corrected chi connectivity index (χ4v) is 4.15. The lowest BCUT2D eigenvalue weighted by Crippen LogP contribution is -2.49. The maximum Gasteiger partial charge on any atom is 0.267 e. The molecule has 4 nitrogen and oxygen atoms in total. The van der Waals surface area contributed by atoms with Gasteiger partial charge in [0.1, 0.15) is 5.70 Å². The van der Waals surface area contributed by atoms with E-state index in [-0.39, 0.29) is 11.3 Å². The number of hydrogen-bond acceptors (Lipinski definition) is 4. The molecule has 2 aliphatic heterocycles. The van der Waals surface area contributed by atoms with Crippen molar-refractivity contribution >= 4 is 35.3 Å². The fraction of sp³-hybridized carbons (Fsp3) is 0.500. The normalized spacial score (nSPS) is 25.1. The van der Waals surface area contributed by atoms with Crippen LogP contribution in [-0.4, -0.2) is 27.8 Å². The molecule has 2 amide bonds. The first kappa shape index (κ1) is 9.92. The molecule has 14 heavy (non-hydrogen) atoms. The minimum absolute atomic E-state index is 0.00278. The van der Waals surface area contributed by atoms with E-state index in [0.29, 0.717) is 12.1 Å². The molecule has 0 radical (unpaired) electrons. The standard InChI is InChI=1S/C8H10N2O2S2/c1-2-13-8-6(7(9)12)10-4(11)3-5(10)14-8/h5H,2-3H2,1H3,(H2,9,12)/t5-/m1/s1. The topological polar surface area (TPSA) is 63.4 Å². The van der Waals surface area contributed by atoms with E-state index in [4.69, 9.17) is 5.73 Å². The van der Waals surface area contributed by atoms with Crippen LogP contribution < -0.4 is 5.73 Å². The van der Waals surface area contributed by atoms with Crippen molar-refractivity contribution < 1.29 is 9.59 Å². The summed E-state index contributed by atoms with van der Waals surface area (Å²) in [6.07, 6.45) is 0.523. The summed E-state index contributed by atoms with van der Waals surface area (Å²) >= 11 is 3.14. The summed E-state index contributed by atoms with van der Waals surface area (Å²) in [5.74, 6) is 0.389. The Morgan fingerprint density at radius 1 is 1.79 bits per heavy atom. The first-order valence-electron chi connectivity index (χ1n) is 4.30.